The number of hydrogen-bond acceptors (Lipinski definition) is 5. The fraction of sp³-hybridized carbons (Fsp3) is 0.158. The van der Waals surface area contributed by atoms with E-state index in [9.17, 15) is 0 Å². The predicted octanol–water partition coefficient (Wildman–Crippen LogP) is 3.40. The molecule has 0 aliphatic heterocycles. The highest BCUT2D eigenvalue weighted by Crippen LogP contribution is 2.23. The Balaban J connectivity index is 1.63. The van der Waals surface area contributed by atoms with E-state index in [2.05, 4.69) is 56.6 Å². The molecule has 0 bridgehead atoms. The van der Waals surface area contributed by atoms with E-state index in [-0.39, 0.29) is 0 Å². The molecule has 1 aromatic carbocycles. The van der Waals surface area contributed by atoms with E-state index >= 15 is 0 Å². The molecule has 124 valence electrons. The van der Waals surface area contributed by atoms with Crippen molar-refractivity contribution >= 4 is 11.3 Å². The first-order chi connectivity index (χ1) is 12.3. The minimum Gasteiger partial charge on any atom is -0.381 e. The number of nitrogens with one attached hydrogen (secondary N) is 1. The second-order valence-corrected chi connectivity index (χ2v) is 5.96. The molecule has 4 rings (SSSR count). The van der Waals surface area contributed by atoms with Crippen LogP contribution in [-0.4, -0.2) is 31.1 Å². The summed E-state index contributed by atoms with van der Waals surface area (Å²) in [6, 6.07) is 12.5. The van der Waals surface area contributed by atoms with Gasteiger partial charge in [-0.3, -0.25) is 0 Å². The summed E-state index contributed by atoms with van der Waals surface area (Å²) >= 11 is 0. The molecule has 0 aliphatic carbocycles. The molecule has 6 nitrogen and oxygen atoms in total. The number of benzene rings is 1. The van der Waals surface area contributed by atoms with Crippen LogP contribution < -0.4 is 5.32 Å². The van der Waals surface area contributed by atoms with Gasteiger partial charge in [-0.25, -0.2) is 19.5 Å². The van der Waals surface area contributed by atoms with Gasteiger partial charge in [0.1, 0.15) is 6.33 Å². The monoisotopic (exact) mass is 330 g/mol. The van der Waals surface area contributed by atoms with Crippen LogP contribution in [0.4, 0.5) is 5.69 Å². The topological polar surface area (TPSA) is 68.0 Å². The van der Waals surface area contributed by atoms with Crippen molar-refractivity contribution < 1.29 is 0 Å². The zero-order chi connectivity index (χ0) is 17.1. The van der Waals surface area contributed by atoms with E-state index in [0.29, 0.717) is 5.92 Å². The minimum atomic E-state index is 0.382. The second kappa shape index (κ2) is 6.68. The van der Waals surface area contributed by atoms with E-state index in [1.54, 1.807) is 23.1 Å². The van der Waals surface area contributed by atoms with Gasteiger partial charge in [0.25, 0.3) is 0 Å². The molecule has 1 atom stereocenters. The highest BCUT2D eigenvalue weighted by molar-refractivity contribution is 5.73. The van der Waals surface area contributed by atoms with Gasteiger partial charge in [-0.2, -0.15) is 5.10 Å². The molecule has 3 aromatic heterocycles. The van der Waals surface area contributed by atoms with E-state index in [1.807, 2.05) is 18.3 Å². The number of anilines is 1. The van der Waals surface area contributed by atoms with E-state index < -0.39 is 0 Å². The Morgan fingerprint density at radius 3 is 2.72 bits per heavy atom. The van der Waals surface area contributed by atoms with Crippen LogP contribution in [0.5, 0.6) is 0 Å². The van der Waals surface area contributed by atoms with Gasteiger partial charge in [-0.15, -0.1) is 0 Å². The van der Waals surface area contributed by atoms with Crippen molar-refractivity contribution in [2.75, 3.05) is 11.9 Å². The summed E-state index contributed by atoms with van der Waals surface area (Å²) in [5.41, 5.74) is 4.74. The summed E-state index contributed by atoms with van der Waals surface area (Å²) in [4.78, 5) is 12.6. The molecule has 0 aliphatic rings. The van der Waals surface area contributed by atoms with E-state index in [1.165, 1.54) is 11.9 Å². The molecule has 1 N–H and O–H groups in total. The van der Waals surface area contributed by atoms with Crippen LogP contribution in [0.3, 0.4) is 0 Å². The van der Waals surface area contributed by atoms with Gasteiger partial charge >= 0.3 is 0 Å². The molecule has 25 heavy (non-hydrogen) atoms. The van der Waals surface area contributed by atoms with Crippen LogP contribution in [0, 0.1) is 0 Å². The molecule has 6 heteroatoms. The average Bonchev–Trinajstić information content (AvgIpc) is 3.16. The zero-order valence-corrected chi connectivity index (χ0v) is 13.9. The molecule has 3 heterocycles. The molecule has 0 saturated carbocycles. The van der Waals surface area contributed by atoms with Gasteiger partial charge in [-0.1, -0.05) is 37.3 Å². The molecule has 0 saturated heterocycles. The van der Waals surface area contributed by atoms with Gasteiger partial charge < -0.3 is 5.32 Å². The van der Waals surface area contributed by atoms with Crippen molar-refractivity contribution in [2.45, 2.75) is 12.8 Å². The van der Waals surface area contributed by atoms with Crippen LogP contribution in [0.25, 0.3) is 16.9 Å². The van der Waals surface area contributed by atoms with Crippen LogP contribution in [0.1, 0.15) is 18.4 Å². The maximum absolute atomic E-state index is 4.59. The van der Waals surface area contributed by atoms with Crippen molar-refractivity contribution in [1.82, 2.24) is 24.6 Å². The lowest BCUT2D eigenvalue weighted by molar-refractivity contribution is 0.803. The average molecular weight is 330 g/mol. The van der Waals surface area contributed by atoms with Crippen molar-refractivity contribution in [2.24, 2.45) is 0 Å². The van der Waals surface area contributed by atoms with Crippen LogP contribution in [0.15, 0.2) is 67.5 Å². The number of hydrogen-bond donors (Lipinski definition) is 1. The zero-order valence-electron chi connectivity index (χ0n) is 13.9. The Morgan fingerprint density at radius 1 is 1.12 bits per heavy atom. The molecule has 0 fully saturated rings. The first kappa shape index (κ1) is 15.3. The number of rotatable bonds is 5. The van der Waals surface area contributed by atoms with Crippen LogP contribution in [0.2, 0.25) is 0 Å². The van der Waals surface area contributed by atoms with Gasteiger partial charge in [0, 0.05) is 36.9 Å². The van der Waals surface area contributed by atoms with Gasteiger partial charge in [0.05, 0.1) is 11.4 Å². The van der Waals surface area contributed by atoms with Crippen LogP contribution >= 0.6 is 0 Å². The fourth-order valence-corrected chi connectivity index (χ4v) is 2.78. The normalized spacial score (nSPS) is 12.2. The molecule has 0 unspecified atom stereocenters. The summed E-state index contributed by atoms with van der Waals surface area (Å²) in [5, 5.41) is 8.10. The van der Waals surface area contributed by atoms with E-state index in [0.717, 1.165) is 29.1 Å². The van der Waals surface area contributed by atoms with Crippen molar-refractivity contribution in [3.63, 3.8) is 0 Å². The maximum atomic E-state index is 4.59. The Morgan fingerprint density at radius 2 is 1.92 bits per heavy atom. The highest BCUT2D eigenvalue weighted by atomic mass is 15.3. The summed E-state index contributed by atoms with van der Waals surface area (Å²) in [7, 11) is 0. The quantitative estimate of drug-likeness (QED) is 0.607. The van der Waals surface area contributed by atoms with Crippen molar-refractivity contribution in [3.05, 3.63) is 73.1 Å². The number of imidazole rings is 1. The molecular weight excluding hydrogens is 312 g/mol. The summed E-state index contributed by atoms with van der Waals surface area (Å²) in [6.45, 7) is 3.01. The third-order valence-electron chi connectivity index (χ3n) is 4.18. The Kier molecular flexibility index (Phi) is 4.08. The molecule has 4 aromatic rings. The largest absolute Gasteiger partial charge is 0.381 e. The highest BCUT2D eigenvalue weighted by Gasteiger charge is 2.11. The second-order valence-electron chi connectivity index (χ2n) is 5.96. The first-order valence-electron chi connectivity index (χ1n) is 8.20. The lowest BCUT2D eigenvalue weighted by atomic mass is 10.0. The standard InChI is InChI=1S/C19H18N6/c1-14(15-5-3-2-4-6-15)10-23-18-9-17(16-11-20-13-21-12-16)24-25-8-7-22-19(18)25/h2-9,11-14,23H,10H2,1H3/t14-/m0/s1. The molecule has 0 spiro atoms. The van der Waals surface area contributed by atoms with Gasteiger partial charge in [0.2, 0.25) is 0 Å². The van der Waals surface area contributed by atoms with Gasteiger partial charge in [-0.05, 0) is 17.5 Å². The predicted molar refractivity (Wildman–Crippen MR) is 97.4 cm³/mol. The lowest BCUT2D eigenvalue weighted by Crippen LogP contribution is -2.11. The summed E-state index contributed by atoms with van der Waals surface area (Å²) < 4.78 is 1.78. The molecule has 0 amide bonds. The smallest absolute Gasteiger partial charge is 0.176 e. The third kappa shape index (κ3) is 3.19. The first-order valence-corrected chi connectivity index (χ1v) is 8.20. The molecule has 0 radical (unpaired) electrons. The molecular formula is C19H18N6. The summed E-state index contributed by atoms with van der Waals surface area (Å²) in [5.74, 6) is 0.382. The van der Waals surface area contributed by atoms with Crippen LogP contribution in [-0.2, 0) is 0 Å². The van der Waals surface area contributed by atoms with Crippen molar-refractivity contribution in [1.29, 1.82) is 0 Å². The summed E-state index contributed by atoms with van der Waals surface area (Å²) in [6.07, 6.45) is 8.62. The lowest BCUT2D eigenvalue weighted by Gasteiger charge is -2.15. The number of nitrogens with zero attached hydrogens (tertiary/aromatic N) is 5. The number of aromatic nitrogens is 5. The number of fused-ring (bicyclic) bond motifs is 1. The Labute approximate surface area is 145 Å². The van der Waals surface area contributed by atoms with Crippen molar-refractivity contribution in [3.8, 4) is 11.3 Å². The Hall–Kier alpha value is -3.28. The van der Waals surface area contributed by atoms with E-state index in [4.69, 9.17) is 0 Å². The minimum absolute atomic E-state index is 0.382. The third-order valence-corrected chi connectivity index (χ3v) is 4.18. The SMILES string of the molecule is C[C@@H](CNc1cc(-c2cncnc2)nn2ccnc12)c1ccccc1. The Bertz CT molecular complexity index is 965. The maximum Gasteiger partial charge on any atom is 0.176 e. The fourth-order valence-electron chi connectivity index (χ4n) is 2.78. The van der Waals surface area contributed by atoms with Gasteiger partial charge in [0.15, 0.2) is 5.65 Å².